The van der Waals surface area contributed by atoms with E-state index >= 15 is 0 Å². The van der Waals surface area contributed by atoms with Gasteiger partial charge in [0.1, 0.15) is 12.4 Å². The smallest absolute Gasteiger partial charge is 0.122 e. The highest BCUT2D eigenvalue weighted by Gasteiger charge is 2.10. The van der Waals surface area contributed by atoms with E-state index in [0.29, 0.717) is 18.4 Å². The van der Waals surface area contributed by atoms with Gasteiger partial charge in [-0.1, -0.05) is 39.8 Å². The van der Waals surface area contributed by atoms with Crippen LogP contribution >= 0.6 is 0 Å². The minimum Gasteiger partial charge on any atom is -0.492 e. The molecule has 0 radical (unpaired) electrons. The Bertz CT molecular complexity index is 358. The molecular formula is C15H25NO. The highest BCUT2D eigenvalue weighted by atomic mass is 16.5. The first kappa shape index (κ1) is 14.0. The molecule has 2 N–H and O–H groups in total. The van der Waals surface area contributed by atoms with Gasteiger partial charge in [-0.3, -0.25) is 0 Å². The van der Waals surface area contributed by atoms with Gasteiger partial charge in [0.05, 0.1) is 0 Å². The lowest BCUT2D eigenvalue weighted by atomic mass is 10.0. The van der Waals surface area contributed by atoms with Crippen LogP contribution in [0.1, 0.15) is 44.7 Å². The minimum atomic E-state index is 0.0945. The summed E-state index contributed by atoms with van der Waals surface area (Å²) in [5.41, 5.74) is 8.47. The molecule has 0 bridgehead atoms. The summed E-state index contributed by atoms with van der Waals surface area (Å²) in [5, 5.41) is 0. The first-order chi connectivity index (χ1) is 7.91. The van der Waals surface area contributed by atoms with E-state index in [2.05, 4.69) is 52.8 Å². The summed E-state index contributed by atoms with van der Waals surface area (Å²) in [6.45, 7) is 11.3. The molecule has 0 aliphatic carbocycles. The van der Waals surface area contributed by atoms with Crippen molar-refractivity contribution in [2.75, 3.05) is 6.61 Å². The Morgan fingerprint density at radius 3 is 2.35 bits per heavy atom. The number of hydrogen-bond donors (Lipinski definition) is 1. The van der Waals surface area contributed by atoms with Gasteiger partial charge in [-0.2, -0.15) is 0 Å². The van der Waals surface area contributed by atoms with Crippen LogP contribution in [0.3, 0.4) is 0 Å². The third kappa shape index (κ3) is 4.04. The number of rotatable bonds is 5. The molecular weight excluding hydrogens is 210 g/mol. The highest BCUT2D eigenvalue weighted by molar-refractivity contribution is 5.37. The predicted molar refractivity (Wildman–Crippen MR) is 73.6 cm³/mol. The van der Waals surface area contributed by atoms with Crippen molar-refractivity contribution in [3.8, 4) is 5.75 Å². The van der Waals surface area contributed by atoms with Crippen LogP contribution in [-0.2, 0) is 0 Å². The van der Waals surface area contributed by atoms with Crippen LogP contribution in [0.4, 0.5) is 0 Å². The number of nitrogens with two attached hydrogens (primary N) is 1. The van der Waals surface area contributed by atoms with Crippen LogP contribution < -0.4 is 10.5 Å². The molecule has 0 aromatic heterocycles. The van der Waals surface area contributed by atoms with Crippen molar-refractivity contribution in [2.45, 2.75) is 46.6 Å². The number of ether oxygens (including phenoxy) is 1. The van der Waals surface area contributed by atoms with Crippen LogP contribution in [0.5, 0.6) is 5.75 Å². The molecule has 0 saturated heterocycles. The molecule has 0 heterocycles. The standard InChI is InChI=1S/C15H25NO/c1-10(2)13-7-6-12(5)15(8-13)17-9-14(16)11(3)4/h6-8,10-11,14H,9,16H2,1-5H3. The van der Waals surface area contributed by atoms with Gasteiger partial charge in [0.25, 0.3) is 0 Å². The summed E-state index contributed by atoms with van der Waals surface area (Å²) in [4.78, 5) is 0. The fourth-order valence-electron chi connectivity index (χ4n) is 1.51. The van der Waals surface area contributed by atoms with Crippen LogP contribution in [0.2, 0.25) is 0 Å². The third-order valence-corrected chi connectivity index (χ3v) is 3.17. The lowest BCUT2D eigenvalue weighted by molar-refractivity contribution is 0.258. The molecule has 0 spiro atoms. The first-order valence-electron chi connectivity index (χ1n) is 6.40. The molecule has 1 aromatic carbocycles. The molecule has 0 fully saturated rings. The highest BCUT2D eigenvalue weighted by Crippen LogP contribution is 2.24. The van der Waals surface area contributed by atoms with E-state index in [1.54, 1.807) is 0 Å². The number of hydrogen-bond acceptors (Lipinski definition) is 2. The van der Waals surface area contributed by atoms with Crippen molar-refractivity contribution < 1.29 is 4.74 Å². The summed E-state index contributed by atoms with van der Waals surface area (Å²) in [7, 11) is 0. The quantitative estimate of drug-likeness (QED) is 0.848. The number of benzene rings is 1. The van der Waals surface area contributed by atoms with Crippen LogP contribution in [-0.4, -0.2) is 12.6 Å². The van der Waals surface area contributed by atoms with E-state index < -0.39 is 0 Å². The average Bonchev–Trinajstić information content (AvgIpc) is 2.26. The van der Waals surface area contributed by atoms with E-state index in [9.17, 15) is 0 Å². The molecule has 96 valence electrons. The molecule has 2 heteroatoms. The molecule has 17 heavy (non-hydrogen) atoms. The topological polar surface area (TPSA) is 35.2 Å². The summed E-state index contributed by atoms with van der Waals surface area (Å²) >= 11 is 0. The van der Waals surface area contributed by atoms with Crippen LogP contribution in [0.15, 0.2) is 18.2 Å². The van der Waals surface area contributed by atoms with Crippen molar-refractivity contribution in [1.29, 1.82) is 0 Å². The predicted octanol–water partition coefficient (Wildman–Crippen LogP) is 3.48. The maximum atomic E-state index is 5.99. The van der Waals surface area contributed by atoms with Gasteiger partial charge in [0.2, 0.25) is 0 Å². The minimum absolute atomic E-state index is 0.0945. The van der Waals surface area contributed by atoms with Gasteiger partial charge in [0.15, 0.2) is 0 Å². The second-order valence-electron chi connectivity index (χ2n) is 5.40. The Hall–Kier alpha value is -1.02. The fraction of sp³-hybridized carbons (Fsp3) is 0.600. The molecule has 1 unspecified atom stereocenters. The van der Waals surface area contributed by atoms with Crippen LogP contribution in [0, 0.1) is 12.8 Å². The Balaban J connectivity index is 2.73. The van der Waals surface area contributed by atoms with Gasteiger partial charge in [-0.05, 0) is 36.0 Å². The monoisotopic (exact) mass is 235 g/mol. The normalized spacial score (nSPS) is 13.2. The number of aryl methyl sites for hydroxylation is 1. The summed E-state index contributed by atoms with van der Waals surface area (Å²) < 4.78 is 5.83. The molecule has 0 amide bonds. The van der Waals surface area contributed by atoms with Gasteiger partial charge in [-0.25, -0.2) is 0 Å². The molecule has 0 aliphatic heterocycles. The summed E-state index contributed by atoms with van der Waals surface area (Å²) in [6, 6.07) is 6.51. The maximum absolute atomic E-state index is 5.99. The first-order valence-corrected chi connectivity index (χ1v) is 6.40. The van der Waals surface area contributed by atoms with E-state index in [-0.39, 0.29) is 6.04 Å². The maximum Gasteiger partial charge on any atom is 0.122 e. The molecule has 0 saturated carbocycles. The Morgan fingerprint density at radius 2 is 1.82 bits per heavy atom. The zero-order valence-corrected chi connectivity index (χ0v) is 11.7. The molecule has 2 nitrogen and oxygen atoms in total. The van der Waals surface area contributed by atoms with Crippen molar-refractivity contribution in [2.24, 2.45) is 11.7 Å². The molecule has 1 atom stereocenters. The second-order valence-corrected chi connectivity index (χ2v) is 5.40. The average molecular weight is 235 g/mol. The zero-order chi connectivity index (χ0) is 13.0. The summed E-state index contributed by atoms with van der Waals surface area (Å²) in [5.74, 6) is 1.94. The van der Waals surface area contributed by atoms with Gasteiger partial charge in [0, 0.05) is 6.04 Å². The molecule has 1 rings (SSSR count). The summed E-state index contributed by atoms with van der Waals surface area (Å²) in [6.07, 6.45) is 0. The largest absolute Gasteiger partial charge is 0.492 e. The van der Waals surface area contributed by atoms with Crippen molar-refractivity contribution >= 4 is 0 Å². The Kier molecular flexibility index (Phi) is 5.01. The van der Waals surface area contributed by atoms with Crippen LogP contribution in [0.25, 0.3) is 0 Å². The van der Waals surface area contributed by atoms with Crippen molar-refractivity contribution in [3.05, 3.63) is 29.3 Å². The third-order valence-electron chi connectivity index (χ3n) is 3.17. The Morgan fingerprint density at radius 1 is 1.18 bits per heavy atom. The van der Waals surface area contributed by atoms with E-state index in [1.807, 2.05) is 0 Å². The SMILES string of the molecule is Cc1ccc(C(C)C)cc1OCC(N)C(C)C. The zero-order valence-electron chi connectivity index (χ0n) is 11.7. The molecule has 0 aliphatic rings. The van der Waals surface area contributed by atoms with Crippen molar-refractivity contribution in [3.63, 3.8) is 0 Å². The lowest BCUT2D eigenvalue weighted by Crippen LogP contribution is -2.33. The lowest BCUT2D eigenvalue weighted by Gasteiger charge is -2.18. The second kappa shape index (κ2) is 6.06. The van der Waals surface area contributed by atoms with E-state index in [0.717, 1.165) is 5.75 Å². The van der Waals surface area contributed by atoms with Crippen molar-refractivity contribution in [1.82, 2.24) is 0 Å². The van der Waals surface area contributed by atoms with E-state index in [4.69, 9.17) is 10.5 Å². The van der Waals surface area contributed by atoms with E-state index in [1.165, 1.54) is 11.1 Å². The fourth-order valence-corrected chi connectivity index (χ4v) is 1.51. The molecule has 1 aromatic rings. The van der Waals surface area contributed by atoms with Gasteiger partial charge in [-0.15, -0.1) is 0 Å². The van der Waals surface area contributed by atoms with Gasteiger partial charge >= 0.3 is 0 Å². The Labute approximate surface area is 105 Å². The van der Waals surface area contributed by atoms with Gasteiger partial charge < -0.3 is 10.5 Å².